The highest BCUT2D eigenvalue weighted by molar-refractivity contribution is 6.22. The molecule has 0 spiro atoms. The molecular weight excluding hydrogens is 268 g/mol. The van der Waals surface area contributed by atoms with Gasteiger partial charge in [-0.15, -0.1) is 0 Å². The minimum atomic E-state index is -0.535. The van der Waals surface area contributed by atoms with Crippen LogP contribution in [-0.4, -0.2) is 11.9 Å². The van der Waals surface area contributed by atoms with Crippen LogP contribution in [0.5, 0.6) is 0 Å². The second-order valence-electron chi connectivity index (χ2n) is 5.83. The van der Waals surface area contributed by atoms with Gasteiger partial charge < -0.3 is 9.15 Å². The lowest BCUT2D eigenvalue weighted by atomic mass is 9.83. The number of allylic oxidation sites excluding steroid dienone is 2. The number of fused-ring (bicyclic) bond motifs is 1. The van der Waals surface area contributed by atoms with Gasteiger partial charge in [0.25, 0.3) is 0 Å². The van der Waals surface area contributed by atoms with Gasteiger partial charge in [-0.05, 0) is 52.5 Å². The summed E-state index contributed by atoms with van der Waals surface area (Å²) in [5, 5.41) is 0. The number of hydrogen-bond donors (Lipinski definition) is 0. The van der Waals surface area contributed by atoms with Crippen LogP contribution in [0.15, 0.2) is 21.1 Å². The lowest BCUT2D eigenvalue weighted by Gasteiger charge is -2.17. The Labute approximate surface area is 123 Å². The zero-order valence-corrected chi connectivity index (χ0v) is 12.8. The van der Waals surface area contributed by atoms with Crippen LogP contribution in [0.25, 0.3) is 5.57 Å². The van der Waals surface area contributed by atoms with Crippen molar-refractivity contribution >= 4 is 17.5 Å². The maximum atomic E-state index is 12.2. The molecule has 0 atom stereocenters. The fourth-order valence-electron chi connectivity index (χ4n) is 3.36. The molecule has 4 heteroatoms. The van der Waals surface area contributed by atoms with E-state index in [-0.39, 0.29) is 0 Å². The molecule has 0 aromatic carbocycles. The Morgan fingerprint density at radius 1 is 1.00 bits per heavy atom. The van der Waals surface area contributed by atoms with Gasteiger partial charge in [-0.25, -0.2) is 9.59 Å². The van der Waals surface area contributed by atoms with E-state index in [1.54, 1.807) is 0 Å². The SMILES string of the molecule is CC(C)=C1C(=O)OC(=O)/C1=C1\CCCc2c(C)oc(C)c21. The van der Waals surface area contributed by atoms with Crippen molar-refractivity contribution in [2.24, 2.45) is 0 Å². The van der Waals surface area contributed by atoms with Crippen molar-refractivity contribution in [3.05, 3.63) is 39.4 Å². The van der Waals surface area contributed by atoms with Crippen molar-refractivity contribution in [1.82, 2.24) is 0 Å². The highest BCUT2D eigenvalue weighted by atomic mass is 16.6. The Bertz CT molecular complexity index is 724. The summed E-state index contributed by atoms with van der Waals surface area (Å²) >= 11 is 0. The Morgan fingerprint density at radius 2 is 1.71 bits per heavy atom. The first-order valence-electron chi connectivity index (χ1n) is 7.18. The number of ether oxygens (including phenoxy) is 1. The molecule has 0 saturated carbocycles. The standard InChI is InChI=1S/C17H18O4/c1-8(2)13-15(17(19)21-16(13)18)12-7-5-6-11-9(3)20-10(4)14(11)12/h5-7H2,1-4H3/b15-12+. The normalized spacial score (nSPS) is 21.6. The highest BCUT2D eigenvalue weighted by Crippen LogP contribution is 2.42. The zero-order valence-electron chi connectivity index (χ0n) is 12.8. The lowest BCUT2D eigenvalue weighted by molar-refractivity contribution is -0.149. The van der Waals surface area contributed by atoms with Gasteiger partial charge in [-0.1, -0.05) is 5.57 Å². The third kappa shape index (κ3) is 1.97. The van der Waals surface area contributed by atoms with Crippen LogP contribution in [0.3, 0.4) is 0 Å². The molecule has 0 bridgehead atoms. The number of esters is 2. The average molecular weight is 286 g/mol. The maximum Gasteiger partial charge on any atom is 0.347 e. The average Bonchev–Trinajstić information content (AvgIpc) is 2.87. The molecule has 1 aliphatic heterocycles. The number of hydrogen-bond acceptors (Lipinski definition) is 4. The molecular formula is C17H18O4. The summed E-state index contributed by atoms with van der Waals surface area (Å²) in [5.74, 6) is 0.645. The second-order valence-corrected chi connectivity index (χ2v) is 5.83. The van der Waals surface area contributed by atoms with Crippen molar-refractivity contribution in [3.8, 4) is 0 Å². The van der Waals surface area contributed by atoms with E-state index >= 15 is 0 Å². The molecule has 1 aliphatic carbocycles. The van der Waals surface area contributed by atoms with Crippen LogP contribution >= 0.6 is 0 Å². The van der Waals surface area contributed by atoms with Crippen molar-refractivity contribution in [3.63, 3.8) is 0 Å². The smallest absolute Gasteiger partial charge is 0.347 e. The maximum absolute atomic E-state index is 12.2. The van der Waals surface area contributed by atoms with E-state index in [4.69, 9.17) is 9.15 Å². The first-order valence-corrected chi connectivity index (χ1v) is 7.18. The fourth-order valence-corrected chi connectivity index (χ4v) is 3.36. The molecule has 1 fully saturated rings. The van der Waals surface area contributed by atoms with Gasteiger partial charge in [0, 0.05) is 11.1 Å². The predicted octanol–water partition coefficient (Wildman–Crippen LogP) is 3.41. The molecule has 0 radical (unpaired) electrons. The van der Waals surface area contributed by atoms with E-state index in [0.717, 1.165) is 53.1 Å². The number of cyclic esters (lactones) is 2. The van der Waals surface area contributed by atoms with Gasteiger partial charge in [0.15, 0.2) is 0 Å². The molecule has 0 amide bonds. The molecule has 110 valence electrons. The summed E-state index contributed by atoms with van der Waals surface area (Å²) in [4.78, 5) is 24.1. The quantitative estimate of drug-likeness (QED) is 0.416. The van der Waals surface area contributed by atoms with Crippen LogP contribution in [0.4, 0.5) is 0 Å². The summed E-state index contributed by atoms with van der Waals surface area (Å²) in [5.41, 5.74) is 4.71. The van der Waals surface area contributed by atoms with E-state index in [2.05, 4.69) is 0 Å². The highest BCUT2D eigenvalue weighted by Gasteiger charge is 2.39. The molecule has 2 aliphatic rings. The summed E-state index contributed by atoms with van der Waals surface area (Å²) in [6.45, 7) is 7.50. The van der Waals surface area contributed by atoms with Gasteiger partial charge in [0.1, 0.15) is 11.5 Å². The number of furan rings is 1. The monoisotopic (exact) mass is 286 g/mol. The summed E-state index contributed by atoms with van der Waals surface area (Å²) in [6.07, 6.45) is 2.66. The fraction of sp³-hybridized carbons (Fsp3) is 0.412. The molecule has 2 heterocycles. The van der Waals surface area contributed by atoms with E-state index in [9.17, 15) is 9.59 Å². The topological polar surface area (TPSA) is 56.5 Å². The Morgan fingerprint density at radius 3 is 2.38 bits per heavy atom. The van der Waals surface area contributed by atoms with Crippen LogP contribution in [-0.2, 0) is 20.7 Å². The van der Waals surface area contributed by atoms with Crippen molar-refractivity contribution in [2.75, 3.05) is 0 Å². The van der Waals surface area contributed by atoms with Crippen LogP contribution in [0.2, 0.25) is 0 Å². The molecule has 0 N–H and O–H groups in total. The van der Waals surface area contributed by atoms with Crippen molar-refractivity contribution < 1.29 is 18.7 Å². The van der Waals surface area contributed by atoms with Gasteiger partial charge >= 0.3 is 11.9 Å². The minimum Gasteiger partial charge on any atom is -0.466 e. The van der Waals surface area contributed by atoms with E-state index in [1.807, 2.05) is 27.7 Å². The Kier molecular flexibility index (Phi) is 3.12. The molecule has 4 nitrogen and oxygen atoms in total. The Hall–Kier alpha value is -2.10. The third-order valence-corrected chi connectivity index (χ3v) is 4.19. The molecule has 1 aromatic rings. The predicted molar refractivity (Wildman–Crippen MR) is 77.5 cm³/mol. The van der Waals surface area contributed by atoms with E-state index in [1.165, 1.54) is 0 Å². The number of carbonyl (C=O) groups is 2. The zero-order chi connectivity index (χ0) is 15.3. The first-order chi connectivity index (χ1) is 9.91. The molecule has 21 heavy (non-hydrogen) atoms. The van der Waals surface area contributed by atoms with E-state index < -0.39 is 11.9 Å². The van der Waals surface area contributed by atoms with E-state index in [0.29, 0.717) is 11.1 Å². The Balaban J connectivity index is 2.32. The summed E-state index contributed by atoms with van der Waals surface area (Å²) in [7, 11) is 0. The number of aryl methyl sites for hydroxylation is 2. The first kappa shape index (κ1) is 13.9. The van der Waals surface area contributed by atoms with Crippen molar-refractivity contribution in [1.29, 1.82) is 0 Å². The van der Waals surface area contributed by atoms with Gasteiger partial charge in [-0.3, -0.25) is 0 Å². The van der Waals surface area contributed by atoms with Crippen molar-refractivity contribution in [2.45, 2.75) is 47.0 Å². The van der Waals surface area contributed by atoms with Gasteiger partial charge in [-0.2, -0.15) is 0 Å². The third-order valence-electron chi connectivity index (χ3n) is 4.19. The molecule has 3 rings (SSSR count). The van der Waals surface area contributed by atoms with Crippen LogP contribution in [0, 0.1) is 13.8 Å². The largest absolute Gasteiger partial charge is 0.466 e. The molecule has 1 aromatic heterocycles. The summed E-state index contributed by atoms with van der Waals surface area (Å²) in [6, 6.07) is 0. The van der Waals surface area contributed by atoms with Crippen LogP contribution < -0.4 is 0 Å². The number of rotatable bonds is 0. The van der Waals surface area contributed by atoms with Gasteiger partial charge in [0.2, 0.25) is 0 Å². The van der Waals surface area contributed by atoms with Gasteiger partial charge in [0.05, 0.1) is 11.1 Å². The molecule has 1 saturated heterocycles. The summed E-state index contributed by atoms with van der Waals surface area (Å²) < 4.78 is 10.6. The second kappa shape index (κ2) is 4.72. The molecule has 0 unspecified atom stereocenters. The lowest BCUT2D eigenvalue weighted by Crippen LogP contribution is -2.08. The minimum absolute atomic E-state index is 0.418. The number of carbonyl (C=O) groups excluding carboxylic acids is 2. The van der Waals surface area contributed by atoms with Crippen LogP contribution in [0.1, 0.15) is 49.3 Å².